The molecule has 0 fully saturated rings. The van der Waals surface area contributed by atoms with Gasteiger partial charge in [0, 0.05) is 12.1 Å². The molecule has 0 aliphatic heterocycles. The highest BCUT2D eigenvalue weighted by atomic mass is 35.5. The average Bonchev–Trinajstić information content (AvgIpc) is 2.41. The molecule has 0 amide bonds. The summed E-state index contributed by atoms with van der Waals surface area (Å²) in [7, 11) is -3.72. The van der Waals surface area contributed by atoms with Crippen LogP contribution in [-0.4, -0.2) is 13.5 Å². The molecule has 2 N–H and O–H groups in total. The minimum absolute atomic E-state index is 0.0160. The quantitative estimate of drug-likeness (QED) is 0.904. The van der Waals surface area contributed by atoms with Crippen LogP contribution in [0.4, 0.5) is 0 Å². The third kappa shape index (κ3) is 3.43. The molecule has 2 aromatic rings. The first-order valence-electron chi connectivity index (χ1n) is 5.62. The fourth-order valence-corrected chi connectivity index (χ4v) is 2.96. The molecular formula is C13H11Cl2NO3S. The predicted octanol–water partition coefficient (Wildman–Crippen LogP) is 3.18. The smallest absolute Gasteiger partial charge is 0.240 e. The van der Waals surface area contributed by atoms with Gasteiger partial charge in [-0.15, -0.1) is 0 Å². The van der Waals surface area contributed by atoms with Crippen molar-refractivity contribution in [2.75, 3.05) is 0 Å². The molecule has 0 unspecified atom stereocenters. The third-order valence-electron chi connectivity index (χ3n) is 2.65. The van der Waals surface area contributed by atoms with E-state index >= 15 is 0 Å². The summed E-state index contributed by atoms with van der Waals surface area (Å²) < 4.78 is 26.6. The Morgan fingerprint density at radius 1 is 1.05 bits per heavy atom. The first kappa shape index (κ1) is 15.1. The van der Waals surface area contributed by atoms with Gasteiger partial charge in [0.1, 0.15) is 5.75 Å². The van der Waals surface area contributed by atoms with E-state index in [-0.39, 0.29) is 27.2 Å². The van der Waals surface area contributed by atoms with Crippen LogP contribution in [0.15, 0.2) is 47.4 Å². The molecule has 0 spiro atoms. The minimum Gasteiger partial charge on any atom is -0.508 e. The van der Waals surface area contributed by atoms with Crippen molar-refractivity contribution in [1.82, 2.24) is 4.72 Å². The van der Waals surface area contributed by atoms with Gasteiger partial charge in [-0.05, 0) is 24.3 Å². The zero-order chi connectivity index (χ0) is 14.8. The van der Waals surface area contributed by atoms with Crippen LogP contribution in [0, 0.1) is 0 Å². The second-order valence-corrected chi connectivity index (χ2v) is 6.61. The Morgan fingerprint density at radius 2 is 1.75 bits per heavy atom. The topological polar surface area (TPSA) is 66.4 Å². The van der Waals surface area contributed by atoms with Crippen molar-refractivity contribution in [3.8, 4) is 5.75 Å². The molecule has 2 rings (SSSR count). The van der Waals surface area contributed by atoms with E-state index in [1.165, 1.54) is 24.3 Å². The highest BCUT2D eigenvalue weighted by molar-refractivity contribution is 7.89. The van der Waals surface area contributed by atoms with E-state index < -0.39 is 10.0 Å². The van der Waals surface area contributed by atoms with Crippen molar-refractivity contribution in [3.05, 3.63) is 58.1 Å². The van der Waals surface area contributed by atoms with Crippen LogP contribution in [0.3, 0.4) is 0 Å². The summed E-state index contributed by atoms with van der Waals surface area (Å²) in [5, 5.41) is 10.0. The van der Waals surface area contributed by atoms with Crippen LogP contribution in [0.1, 0.15) is 5.56 Å². The van der Waals surface area contributed by atoms with Gasteiger partial charge in [-0.2, -0.15) is 0 Å². The van der Waals surface area contributed by atoms with Crippen LogP contribution < -0.4 is 4.72 Å². The van der Waals surface area contributed by atoms with Crippen LogP contribution in [-0.2, 0) is 16.6 Å². The molecule has 0 atom stereocenters. The van der Waals surface area contributed by atoms with Crippen molar-refractivity contribution in [1.29, 1.82) is 0 Å². The lowest BCUT2D eigenvalue weighted by Crippen LogP contribution is -2.23. The number of benzene rings is 2. The summed E-state index contributed by atoms with van der Waals surface area (Å²) in [6.07, 6.45) is 0. The van der Waals surface area contributed by atoms with E-state index in [1.807, 2.05) is 0 Å². The summed E-state index contributed by atoms with van der Waals surface area (Å²) in [6.45, 7) is -0.0186. The van der Waals surface area contributed by atoms with Crippen molar-refractivity contribution >= 4 is 33.2 Å². The molecule has 0 radical (unpaired) electrons. The van der Waals surface area contributed by atoms with Crippen LogP contribution in [0.5, 0.6) is 5.75 Å². The molecule has 0 heterocycles. The predicted molar refractivity (Wildman–Crippen MR) is 78.6 cm³/mol. The summed E-state index contributed by atoms with van der Waals surface area (Å²) in [5.74, 6) is 0.0318. The molecule has 7 heteroatoms. The number of nitrogens with one attached hydrogen (secondary N) is 1. The first-order chi connectivity index (χ1) is 9.40. The molecule has 0 aromatic heterocycles. The number of para-hydroxylation sites is 1. The van der Waals surface area contributed by atoms with E-state index in [0.29, 0.717) is 5.56 Å². The molecule has 0 aliphatic rings. The van der Waals surface area contributed by atoms with Crippen molar-refractivity contribution in [2.24, 2.45) is 0 Å². The number of halogens is 2. The van der Waals surface area contributed by atoms with Crippen LogP contribution in [0.2, 0.25) is 10.0 Å². The van der Waals surface area contributed by atoms with Crippen molar-refractivity contribution in [3.63, 3.8) is 0 Å². The van der Waals surface area contributed by atoms with E-state index in [1.54, 1.807) is 18.2 Å². The van der Waals surface area contributed by atoms with E-state index in [4.69, 9.17) is 23.2 Å². The summed E-state index contributed by atoms with van der Waals surface area (Å²) in [4.78, 5) is 0.0160. The highest BCUT2D eigenvalue weighted by Gasteiger charge is 2.15. The van der Waals surface area contributed by atoms with E-state index in [2.05, 4.69) is 4.72 Å². The van der Waals surface area contributed by atoms with Gasteiger partial charge in [-0.1, -0.05) is 41.4 Å². The van der Waals surface area contributed by atoms with Crippen LogP contribution in [0.25, 0.3) is 0 Å². The molecule has 0 bridgehead atoms. The molecule has 4 nitrogen and oxygen atoms in total. The average molecular weight is 332 g/mol. The Labute approximate surface area is 127 Å². The van der Waals surface area contributed by atoms with Gasteiger partial charge in [-0.3, -0.25) is 0 Å². The second kappa shape index (κ2) is 6.01. The fourth-order valence-electron chi connectivity index (χ4n) is 1.56. The number of rotatable bonds is 4. The van der Waals surface area contributed by atoms with E-state index in [9.17, 15) is 13.5 Å². The molecule has 20 heavy (non-hydrogen) atoms. The van der Waals surface area contributed by atoms with Gasteiger partial charge in [0.2, 0.25) is 10.0 Å². The number of hydrogen-bond acceptors (Lipinski definition) is 3. The largest absolute Gasteiger partial charge is 0.508 e. The lowest BCUT2D eigenvalue weighted by Gasteiger charge is -2.08. The lowest BCUT2D eigenvalue weighted by molar-refractivity contribution is 0.467. The minimum atomic E-state index is -3.72. The Kier molecular flexibility index (Phi) is 4.55. The molecule has 2 aromatic carbocycles. The van der Waals surface area contributed by atoms with Crippen molar-refractivity contribution in [2.45, 2.75) is 11.4 Å². The summed E-state index contributed by atoms with van der Waals surface area (Å²) in [5.41, 5.74) is 0.483. The molecule has 106 valence electrons. The van der Waals surface area contributed by atoms with Gasteiger partial charge >= 0.3 is 0 Å². The standard InChI is InChI=1S/C13H11Cl2NO3S/c14-11-6-5-10(7-12(11)15)20(18,19)16-8-9-3-1-2-4-13(9)17/h1-7,16-17H,8H2. The summed E-state index contributed by atoms with van der Waals surface area (Å²) >= 11 is 11.5. The molecule has 0 aliphatic carbocycles. The SMILES string of the molecule is O=S(=O)(NCc1ccccc1O)c1ccc(Cl)c(Cl)c1. The zero-order valence-corrected chi connectivity index (χ0v) is 12.5. The van der Waals surface area contributed by atoms with Crippen LogP contribution >= 0.6 is 23.2 Å². The molecule has 0 saturated heterocycles. The van der Waals surface area contributed by atoms with Gasteiger partial charge < -0.3 is 5.11 Å². The van der Waals surface area contributed by atoms with Crippen molar-refractivity contribution < 1.29 is 13.5 Å². The lowest BCUT2D eigenvalue weighted by atomic mass is 10.2. The Hall–Kier alpha value is -1.27. The monoisotopic (exact) mass is 331 g/mol. The fraction of sp³-hybridized carbons (Fsp3) is 0.0769. The molecular weight excluding hydrogens is 321 g/mol. The Morgan fingerprint density at radius 3 is 2.40 bits per heavy atom. The van der Waals surface area contributed by atoms with Gasteiger partial charge in [0.25, 0.3) is 0 Å². The Balaban J connectivity index is 2.19. The number of sulfonamides is 1. The maximum absolute atomic E-state index is 12.1. The number of phenols is 1. The number of hydrogen-bond donors (Lipinski definition) is 2. The van der Waals surface area contributed by atoms with Gasteiger partial charge in [0.15, 0.2) is 0 Å². The third-order valence-corrected chi connectivity index (χ3v) is 4.78. The maximum Gasteiger partial charge on any atom is 0.240 e. The molecule has 0 saturated carbocycles. The zero-order valence-electron chi connectivity index (χ0n) is 10.2. The Bertz CT molecular complexity index is 732. The highest BCUT2D eigenvalue weighted by Crippen LogP contribution is 2.25. The summed E-state index contributed by atoms with van der Waals surface area (Å²) in [6, 6.07) is 10.5. The van der Waals surface area contributed by atoms with E-state index in [0.717, 1.165) is 0 Å². The maximum atomic E-state index is 12.1. The van der Waals surface area contributed by atoms with Gasteiger partial charge in [-0.25, -0.2) is 13.1 Å². The first-order valence-corrected chi connectivity index (χ1v) is 7.85. The number of aromatic hydroxyl groups is 1. The van der Waals surface area contributed by atoms with Gasteiger partial charge in [0.05, 0.1) is 14.9 Å². The number of phenolic OH excluding ortho intramolecular Hbond substituents is 1. The normalized spacial score (nSPS) is 11.5. The second-order valence-electron chi connectivity index (χ2n) is 4.03.